The van der Waals surface area contributed by atoms with Gasteiger partial charge in [-0.1, -0.05) is 18.2 Å². The lowest BCUT2D eigenvalue weighted by Gasteiger charge is -2.28. The van der Waals surface area contributed by atoms with Gasteiger partial charge in [0.05, 0.1) is 16.9 Å². The maximum absolute atomic E-state index is 13.5. The maximum Gasteiger partial charge on any atom is 0.290 e. The average molecular weight is 455 g/mol. The zero-order valence-electron chi connectivity index (χ0n) is 18.4. The highest BCUT2D eigenvalue weighted by atomic mass is 32.2. The number of hydrogen-bond donors (Lipinski definition) is 0. The molecule has 32 heavy (non-hydrogen) atoms. The molecule has 1 aliphatic heterocycles. The first-order valence-electron chi connectivity index (χ1n) is 10.5. The van der Waals surface area contributed by atoms with E-state index in [1.165, 1.54) is 11.0 Å². The molecule has 1 fully saturated rings. The van der Waals surface area contributed by atoms with Gasteiger partial charge in [-0.25, -0.2) is 8.42 Å². The van der Waals surface area contributed by atoms with Crippen LogP contribution in [0.3, 0.4) is 0 Å². The van der Waals surface area contributed by atoms with Crippen molar-refractivity contribution in [2.24, 2.45) is 0 Å². The van der Waals surface area contributed by atoms with Crippen molar-refractivity contribution in [3.63, 3.8) is 0 Å². The van der Waals surface area contributed by atoms with Gasteiger partial charge in [-0.15, -0.1) is 0 Å². The minimum absolute atomic E-state index is 0.0435. The molecule has 3 aromatic rings. The van der Waals surface area contributed by atoms with E-state index in [1.54, 1.807) is 12.1 Å². The van der Waals surface area contributed by atoms with E-state index < -0.39 is 21.8 Å². The summed E-state index contributed by atoms with van der Waals surface area (Å²) in [6, 6.07) is 13.7. The highest BCUT2D eigenvalue weighted by Crippen LogP contribution is 2.24. The van der Waals surface area contributed by atoms with Gasteiger partial charge >= 0.3 is 0 Å². The molecule has 1 saturated heterocycles. The van der Waals surface area contributed by atoms with E-state index in [4.69, 9.17) is 4.42 Å². The predicted octanol–water partition coefficient (Wildman–Crippen LogP) is 3.00. The fourth-order valence-electron chi connectivity index (χ4n) is 3.99. The van der Waals surface area contributed by atoms with Crippen LogP contribution >= 0.6 is 0 Å². The second kappa shape index (κ2) is 8.43. The molecule has 2 aromatic carbocycles. The lowest BCUT2D eigenvalue weighted by molar-refractivity contribution is 0.0648. The molecular weight excluding hydrogens is 428 g/mol. The van der Waals surface area contributed by atoms with Crippen LogP contribution in [0.1, 0.15) is 28.1 Å². The number of anilines is 1. The van der Waals surface area contributed by atoms with Crippen molar-refractivity contribution in [2.45, 2.75) is 25.9 Å². The van der Waals surface area contributed by atoms with Gasteiger partial charge < -0.3 is 14.2 Å². The minimum Gasteiger partial charge on any atom is -0.451 e. The number of sulfone groups is 1. The molecule has 1 atom stereocenters. The molecule has 0 N–H and O–H groups in total. The molecule has 1 aromatic heterocycles. The summed E-state index contributed by atoms with van der Waals surface area (Å²) in [5, 5.41) is 0.404. The Bertz CT molecular complexity index is 1330. The topological polar surface area (TPSA) is 87.9 Å². The molecule has 0 saturated carbocycles. The number of hydrogen-bond acceptors (Lipinski definition) is 6. The van der Waals surface area contributed by atoms with E-state index >= 15 is 0 Å². The van der Waals surface area contributed by atoms with Gasteiger partial charge in [-0.3, -0.25) is 9.59 Å². The quantitative estimate of drug-likeness (QED) is 0.589. The number of aryl methyl sites for hydroxylation is 1. The number of benzene rings is 2. The number of rotatable bonds is 5. The van der Waals surface area contributed by atoms with Gasteiger partial charge in [0.25, 0.3) is 5.91 Å². The van der Waals surface area contributed by atoms with Crippen LogP contribution in [0.4, 0.5) is 5.69 Å². The molecule has 7 nitrogen and oxygen atoms in total. The summed E-state index contributed by atoms with van der Waals surface area (Å²) in [5.74, 6) is -0.612. The molecule has 1 amide bonds. The summed E-state index contributed by atoms with van der Waals surface area (Å²) in [5.41, 5.74) is 2.84. The highest BCUT2D eigenvalue weighted by Gasteiger charge is 2.36. The Morgan fingerprint density at radius 2 is 1.81 bits per heavy atom. The van der Waals surface area contributed by atoms with E-state index in [1.807, 2.05) is 56.3 Å². The van der Waals surface area contributed by atoms with Gasteiger partial charge in [0.1, 0.15) is 5.58 Å². The Hall–Kier alpha value is -3.13. The maximum atomic E-state index is 13.5. The molecule has 0 radical (unpaired) electrons. The van der Waals surface area contributed by atoms with E-state index in [9.17, 15) is 18.0 Å². The van der Waals surface area contributed by atoms with Crippen molar-refractivity contribution in [1.82, 2.24) is 4.90 Å². The fraction of sp³-hybridized carbons (Fsp3) is 0.333. The molecule has 168 valence electrons. The summed E-state index contributed by atoms with van der Waals surface area (Å²) < 4.78 is 30.1. The van der Waals surface area contributed by atoms with Crippen LogP contribution in [-0.4, -0.2) is 50.9 Å². The number of fused-ring (bicyclic) bond motifs is 1. The van der Waals surface area contributed by atoms with Crippen LogP contribution in [0.15, 0.2) is 57.7 Å². The molecule has 2 heterocycles. The standard InChI is InChI=1S/C24H26N2O5S/c1-16-4-9-20-21(27)13-23(31-22(20)12-16)24(28)26(19-10-11-32(29,30)15-19)14-17-5-7-18(8-6-17)25(2)3/h4-9,12-13,19H,10-11,14-15H2,1-3H3/t19-/m1/s1. The van der Waals surface area contributed by atoms with Crippen molar-refractivity contribution < 1.29 is 17.6 Å². The molecule has 0 unspecified atom stereocenters. The first-order chi connectivity index (χ1) is 15.1. The van der Waals surface area contributed by atoms with E-state index in [0.29, 0.717) is 17.4 Å². The van der Waals surface area contributed by atoms with Crippen LogP contribution in [0, 0.1) is 6.92 Å². The lowest BCUT2D eigenvalue weighted by atomic mass is 10.1. The lowest BCUT2D eigenvalue weighted by Crippen LogP contribution is -2.40. The largest absolute Gasteiger partial charge is 0.451 e. The van der Waals surface area contributed by atoms with Crippen LogP contribution in [0.2, 0.25) is 0 Å². The molecule has 0 bridgehead atoms. The SMILES string of the molecule is Cc1ccc2c(=O)cc(C(=O)N(Cc3ccc(N(C)C)cc3)[C@@H]3CCS(=O)(=O)C3)oc2c1. The van der Waals surface area contributed by atoms with Gasteiger partial charge in [-0.2, -0.15) is 0 Å². The Morgan fingerprint density at radius 3 is 2.44 bits per heavy atom. The van der Waals surface area contributed by atoms with Crippen molar-refractivity contribution in [3.8, 4) is 0 Å². The monoisotopic (exact) mass is 454 g/mol. The normalized spacial score (nSPS) is 17.4. The third-order valence-electron chi connectivity index (χ3n) is 5.81. The second-order valence-corrected chi connectivity index (χ2v) is 10.8. The first kappa shape index (κ1) is 22.1. The third kappa shape index (κ3) is 4.55. The summed E-state index contributed by atoms with van der Waals surface area (Å²) in [7, 11) is 0.676. The van der Waals surface area contributed by atoms with Crippen molar-refractivity contribution in [1.29, 1.82) is 0 Å². The average Bonchev–Trinajstić information content (AvgIpc) is 3.10. The first-order valence-corrected chi connectivity index (χ1v) is 12.3. The summed E-state index contributed by atoms with van der Waals surface area (Å²) >= 11 is 0. The molecule has 0 spiro atoms. The smallest absolute Gasteiger partial charge is 0.290 e. The van der Waals surface area contributed by atoms with Crippen LogP contribution in [0.25, 0.3) is 11.0 Å². The van der Waals surface area contributed by atoms with E-state index in [0.717, 1.165) is 16.8 Å². The van der Waals surface area contributed by atoms with Gasteiger partial charge in [-0.05, 0) is 48.7 Å². The minimum atomic E-state index is -3.21. The van der Waals surface area contributed by atoms with E-state index in [2.05, 4.69) is 0 Å². The fourth-order valence-corrected chi connectivity index (χ4v) is 5.72. The second-order valence-electron chi connectivity index (χ2n) is 8.53. The van der Waals surface area contributed by atoms with Gasteiger partial charge in [0.15, 0.2) is 21.0 Å². The van der Waals surface area contributed by atoms with Crippen LogP contribution in [-0.2, 0) is 16.4 Å². The number of carbonyl (C=O) groups is 1. The Kier molecular flexibility index (Phi) is 5.81. The number of amides is 1. The number of carbonyl (C=O) groups excluding carboxylic acids is 1. The zero-order chi connectivity index (χ0) is 23.0. The Morgan fingerprint density at radius 1 is 1.09 bits per heavy atom. The number of nitrogens with zero attached hydrogens (tertiary/aromatic N) is 2. The van der Waals surface area contributed by atoms with Gasteiger partial charge in [0.2, 0.25) is 0 Å². The van der Waals surface area contributed by atoms with E-state index in [-0.39, 0.29) is 29.2 Å². The zero-order valence-corrected chi connectivity index (χ0v) is 19.2. The third-order valence-corrected chi connectivity index (χ3v) is 7.56. The van der Waals surface area contributed by atoms with Crippen LogP contribution in [0.5, 0.6) is 0 Å². The summed E-state index contributed by atoms with van der Waals surface area (Å²) in [6.45, 7) is 2.10. The molecule has 1 aliphatic rings. The highest BCUT2D eigenvalue weighted by molar-refractivity contribution is 7.91. The molecule has 4 rings (SSSR count). The molecular formula is C24H26N2O5S. The Labute approximate surface area is 187 Å². The predicted molar refractivity (Wildman–Crippen MR) is 125 cm³/mol. The van der Waals surface area contributed by atoms with Crippen LogP contribution < -0.4 is 10.3 Å². The van der Waals surface area contributed by atoms with Crippen molar-refractivity contribution >= 4 is 32.4 Å². The molecule has 0 aliphatic carbocycles. The summed E-state index contributed by atoms with van der Waals surface area (Å²) in [6.07, 6.45) is 0.362. The Balaban J connectivity index is 1.71. The van der Waals surface area contributed by atoms with Crippen molar-refractivity contribution in [3.05, 3.63) is 75.6 Å². The summed E-state index contributed by atoms with van der Waals surface area (Å²) in [4.78, 5) is 29.6. The molecule has 8 heteroatoms. The van der Waals surface area contributed by atoms with Crippen molar-refractivity contribution in [2.75, 3.05) is 30.5 Å². The van der Waals surface area contributed by atoms with Gasteiger partial charge in [0, 0.05) is 38.4 Å².